The van der Waals surface area contributed by atoms with Crippen LogP contribution in [0.5, 0.6) is 5.75 Å². The predicted octanol–water partition coefficient (Wildman–Crippen LogP) is 2.95. The number of fused-ring (bicyclic) bond motifs is 1. The number of aliphatic hydroxyl groups is 1. The first-order valence-corrected chi connectivity index (χ1v) is 12.1. The number of ether oxygens (including phenoxy) is 1. The summed E-state index contributed by atoms with van der Waals surface area (Å²) in [6.45, 7) is 4.61. The molecule has 0 spiro atoms. The van der Waals surface area contributed by atoms with Gasteiger partial charge in [0.15, 0.2) is 0 Å². The summed E-state index contributed by atoms with van der Waals surface area (Å²) in [7, 11) is 5.64. The number of nitrogens with zero attached hydrogens (tertiary/aromatic N) is 3. The highest BCUT2D eigenvalue weighted by Crippen LogP contribution is 2.31. The molecule has 3 rings (SSSR count). The molecule has 33 heavy (non-hydrogen) atoms. The number of carbonyl (C=O) groups is 2. The Kier molecular flexibility index (Phi) is 8.46. The van der Waals surface area contributed by atoms with Crippen molar-refractivity contribution in [3.63, 3.8) is 0 Å². The largest absolute Gasteiger partial charge is 0.487 e. The first-order valence-electron chi connectivity index (χ1n) is 12.1. The Labute approximate surface area is 197 Å². The molecule has 1 fully saturated rings. The van der Waals surface area contributed by atoms with Gasteiger partial charge < -0.3 is 29.9 Å². The molecule has 1 saturated carbocycles. The van der Waals surface area contributed by atoms with Gasteiger partial charge in [0, 0.05) is 45.3 Å². The first kappa shape index (κ1) is 25.1. The van der Waals surface area contributed by atoms with Crippen LogP contribution in [-0.2, 0) is 0 Å². The number of nitrogens with one attached hydrogen (secondary N) is 1. The van der Waals surface area contributed by atoms with Crippen LogP contribution in [0.15, 0.2) is 18.2 Å². The molecule has 1 aromatic rings. The lowest BCUT2D eigenvalue weighted by Gasteiger charge is -2.38. The molecule has 184 valence electrons. The molecule has 8 heteroatoms. The zero-order valence-corrected chi connectivity index (χ0v) is 20.7. The van der Waals surface area contributed by atoms with E-state index < -0.39 is 0 Å². The van der Waals surface area contributed by atoms with Crippen LogP contribution in [-0.4, -0.2) is 85.9 Å². The van der Waals surface area contributed by atoms with Crippen LogP contribution >= 0.6 is 0 Å². The number of hydrogen-bond donors (Lipinski definition) is 2. The van der Waals surface area contributed by atoms with Crippen molar-refractivity contribution in [2.24, 2.45) is 5.92 Å². The van der Waals surface area contributed by atoms with E-state index in [2.05, 4.69) is 5.32 Å². The monoisotopic (exact) mass is 460 g/mol. The van der Waals surface area contributed by atoms with E-state index in [9.17, 15) is 14.7 Å². The fourth-order valence-electron chi connectivity index (χ4n) is 4.59. The number of rotatable bonds is 6. The van der Waals surface area contributed by atoms with E-state index in [0.29, 0.717) is 24.4 Å². The highest BCUT2D eigenvalue weighted by molar-refractivity contribution is 5.98. The Morgan fingerprint density at radius 3 is 2.58 bits per heavy atom. The first-order chi connectivity index (χ1) is 15.7. The summed E-state index contributed by atoms with van der Waals surface area (Å²) in [4.78, 5) is 31.6. The second kappa shape index (κ2) is 11.1. The lowest BCUT2D eigenvalue weighted by atomic mass is 9.96. The van der Waals surface area contributed by atoms with Gasteiger partial charge in [-0.1, -0.05) is 26.2 Å². The van der Waals surface area contributed by atoms with Crippen LogP contribution in [0.4, 0.5) is 10.5 Å². The van der Waals surface area contributed by atoms with Crippen molar-refractivity contribution in [3.05, 3.63) is 23.8 Å². The fourth-order valence-corrected chi connectivity index (χ4v) is 4.59. The summed E-state index contributed by atoms with van der Waals surface area (Å²) in [5.74, 6) is 0.330. The molecule has 2 N–H and O–H groups in total. The second-order valence-electron chi connectivity index (χ2n) is 9.86. The van der Waals surface area contributed by atoms with Crippen molar-refractivity contribution in [2.45, 2.75) is 64.1 Å². The number of amides is 3. The summed E-state index contributed by atoms with van der Waals surface area (Å²) in [6.07, 6.45) is 5.34. The highest BCUT2D eigenvalue weighted by Gasteiger charge is 2.34. The Hall–Kier alpha value is -2.48. The van der Waals surface area contributed by atoms with Crippen LogP contribution in [0.2, 0.25) is 0 Å². The molecule has 3 atom stereocenters. The quantitative estimate of drug-likeness (QED) is 0.682. The highest BCUT2D eigenvalue weighted by atomic mass is 16.5. The Morgan fingerprint density at radius 1 is 1.24 bits per heavy atom. The molecule has 0 radical (unpaired) electrons. The van der Waals surface area contributed by atoms with Gasteiger partial charge in [0.05, 0.1) is 24.8 Å². The topological polar surface area (TPSA) is 85.4 Å². The number of urea groups is 1. The zero-order chi connectivity index (χ0) is 24.1. The van der Waals surface area contributed by atoms with Gasteiger partial charge in [0.25, 0.3) is 5.91 Å². The summed E-state index contributed by atoms with van der Waals surface area (Å²) >= 11 is 0. The number of likely N-dealkylation sites (N-methyl/N-ethyl adjacent to an activating group) is 1. The summed E-state index contributed by atoms with van der Waals surface area (Å²) < 4.78 is 6.38. The summed E-state index contributed by atoms with van der Waals surface area (Å²) in [5.41, 5.74) is 1.38. The molecule has 0 bridgehead atoms. The van der Waals surface area contributed by atoms with Crippen molar-refractivity contribution >= 4 is 17.6 Å². The van der Waals surface area contributed by atoms with Gasteiger partial charge in [0.1, 0.15) is 11.9 Å². The van der Waals surface area contributed by atoms with E-state index in [1.807, 2.05) is 51.0 Å². The van der Waals surface area contributed by atoms with Crippen molar-refractivity contribution in [2.75, 3.05) is 45.7 Å². The Bertz CT molecular complexity index is 825. The molecule has 3 amide bonds. The molecule has 1 aliphatic carbocycles. The molecule has 1 aromatic carbocycles. The lowest BCUT2D eigenvalue weighted by molar-refractivity contribution is 0.0366. The SMILES string of the molecule is C[C@@H]1CN([C@H](C)CO)C(=O)c2cc(N(C)C)ccc2O[C@H]1CN(C)C(=O)NC1CCCCC1. The summed E-state index contributed by atoms with van der Waals surface area (Å²) in [6, 6.07) is 5.43. The van der Waals surface area contributed by atoms with Gasteiger partial charge in [-0.25, -0.2) is 4.79 Å². The van der Waals surface area contributed by atoms with E-state index in [4.69, 9.17) is 4.74 Å². The van der Waals surface area contributed by atoms with Crippen LogP contribution in [0.1, 0.15) is 56.3 Å². The minimum absolute atomic E-state index is 0.0328. The fraction of sp³-hybridized carbons (Fsp3) is 0.680. The minimum Gasteiger partial charge on any atom is -0.487 e. The van der Waals surface area contributed by atoms with Crippen molar-refractivity contribution in [3.8, 4) is 5.75 Å². The average molecular weight is 461 g/mol. The van der Waals surface area contributed by atoms with Gasteiger partial charge >= 0.3 is 6.03 Å². The van der Waals surface area contributed by atoms with Crippen LogP contribution in [0.25, 0.3) is 0 Å². The molecule has 2 aliphatic rings. The number of carbonyl (C=O) groups excluding carboxylic acids is 2. The van der Waals surface area contributed by atoms with Crippen LogP contribution in [0.3, 0.4) is 0 Å². The van der Waals surface area contributed by atoms with Gasteiger partial charge in [-0.15, -0.1) is 0 Å². The van der Waals surface area contributed by atoms with Crippen molar-refractivity contribution in [1.82, 2.24) is 15.1 Å². The maximum atomic E-state index is 13.4. The molecule has 0 saturated heterocycles. The van der Waals surface area contributed by atoms with E-state index in [1.54, 1.807) is 16.8 Å². The van der Waals surface area contributed by atoms with Crippen LogP contribution in [0, 0.1) is 5.92 Å². The van der Waals surface area contributed by atoms with Gasteiger partial charge in [0.2, 0.25) is 0 Å². The molecule has 1 heterocycles. The molecular weight excluding hydrogens is 420 g/mol. The number of aliphatic hydroxyl groups excluding tert-OH is 1. The molecule has 0 aromatic heterocycles. The van der Waals surface area contributed by atoms with E-state index >= 15 is 0 Å². The normalized spacial score (nSPS) is 22.5. The third-order valence-electron chi connectivity index (χ3n) is 6.90. The van der Waals surface area contributed by atoms with Gasteiger partial charge in [-0.05, 0) is 38.0 Å². The van der Waals surface area contributed by atoms with Gasteiger partial charge in [-0.2, -0.15) is 0 Å². The standard InChI is InChI=1S/C25H40N4O4/c1-17-14-29(18(2)16-30)24(31)21-13-20(27(3)4)11-12-22(21)33-23(17)15-28(5)25(32)26-19-9-7-6-8-10-19/h11-13,17-19,23,30H,6-10,14-16H2,1-5H3,(H,26,32)/t17-,18-,23+/m1/s1. The van der Waals surface area contributed by atoms with Crippen molar-refractivity contribution in [1.29, 1.82) is 0 Å². The Balaban J connectivity index is 1.82. The van der Waals surface area contributed by atoms with E-state index in [-0.39, 0.29) is 42.7 Å². The Morgan fingerprint density at radius 2 is 1.94 bits per heavy atom. The molecular formula is C25H40N4O4. The number of anilines is 1. The minimum atomic E-state index is -0.318. The third-order valence-corrected chi connectivity index (χ3v) is 6.90. The van der Waals surface area contributed by atoms with Gasteiger partial charge in [-0.3, -0.25) is 4.79 Å². The predicted molar refractivity (Wildman–Crippen MR) is 130 cm³/mol. The van der Waals surface area contributed by atoms with E-state index in [0.717, 1.165) is 31.4 Å². The third kappa shape index (κ3) is 6.10. The van der Waals surface area contributed by atoms with Crippen LogP contribution < -0.4 is 15.0 Å². The lowest BCUT2D eigenvalue weighted by Crippen LogP contribution is -2.52. The summed E-state index contributed by atoms with van der Waals surface area (Å²) in [5, 5.41) is 13.0. The maximum Gasteiger partial charge on any atom is 0.317 e. The van der Waals surface area contributed by atoms with E-state index in [1.165, 1.54) is 6.42 Å². The smallest absolute Gasteiger partial charge is 0.317 e. The number of benzene rings is 1. The zero-order valence-electron chi connectivity index (χ0n) is 20.7. The second-order valence-corrected chi connectivity index (χ2v) is 9.86. The average Bonchev–Trinajstić information content (AvgIpc) is 2.80. The van der Waals surface area contributed by atoms with Crippen molar-refractivity contribution < 1.29 is 19.4 Å². The molecule has 8 nitrogen and oxygen atoms in total. The molecule has 1 aliphatic heterocycles. The number of hydrogen-bond acceptors (Lipinski definition) is 5. The maximum absolute atomic E-state index is 13.4. The molecule has 0 unspecified atom stereocenters.